The first-order chi connectivity index (χ1) is 14.4. The smallest absolute Gasteiger partial charge is 0.314 e. The zero-order valence-corrected chi connectivity index (χ0v) is 18.7. The lowest BCUT2D eigenvalue weighted by molar-refractivity contribution is -0.135. The first-order valence-corrected chi connectivity index (χ1v) is 11.2. The number of nitrogens with zero attached hydrogens (tertiary/aromatic N) is 1. The number of rotatable bonds is 10. The molecule has 1 fully saturated rings. The van der Waals surface area contributed by atoms with E-state index in [-0.39, 0.29) is 24.4 Å². The molecule has 3 rings (SSSR count). The monoisotopic (exact) mass is 409 g/mol. The van der Waals surface area contributed by atoms with Crippen molar-refractivity contribution in [1.82, 2.24) is 4.90 Å². The van der Waals surface area contributed by atoms with Crippen molar-refractivity contribution >= 4 is 5.97 Å². The average molecular weight is 410 g/mol. The van der Waals surface area contributed by atoms with Crippen LogP contribution in [0.15, 0.2) is 48.5 Å². The van der Waals surface area contributed by atoms with E-state index in [1.165, 1.54) is 5.56 Å². The number of benzene rings is 2. The molecule has 0 spiro atoms. The number of aliphatic hydroxyl groups is 1. The van der Waals surface area contributed by atoms with Gasteiger partial charge in [0.1, 0.15) is 5.75 Å². The third-order valence-electron chi connectivity index (χ3n) is 5.96. The molecule has 4 nitrogen and oxygen atoms in total. The third kappa shape index (κ3) is 5.71. The van der Waals surface area contributed by atoms with Gasteiger partial charge in [-0.1, -0.05) is 36.4 Å². The quantitative estimate of drug-likeness (QED) is 0.436. The van der Waals surface area contributed by atoms with E-state index in [9.17, 15) is 9.90 Å². The SMILES string of the molecule is CC(C)N(CCC(c1ccccc1)c1cc(CO)ccc1OC(=O)C1CC1)C(C)C. The summed E-state index contributed by atoms with van der Waals surface area (Å²) >= 11 is 0. The maximum atomic E-state index is 12.4. The lowest BCUT2D eigenvalue weighted by atomic mass is 9.86. The normalized spacial score (nSPS) is 15.1. The molecule has 2 aromatic rings. The van der Waals surface area contributed by atoms with Gasteiger partial charge in [-0.15, -0.1) is 0 Å². The van der Waals surface area contributed by atoms with Gasteiger partial charge in [-0.05, 0) is 76.8 Å². The van der Waals surface area contributed by atoms with E-state index in [0.29, 0.717) is 17.8 Å². The third-order valence-corrected chi connectivity index (χ3v) is 5.96. The largest absolute Gasteiger partial charge is 0.426 e. The van der Waals surface area contributed by atoms with Gasteiger partial charge in [0.05, 0.1) is 12.5 Å². The van der Waals surface area contributed by atoms with E-state index >= 15 is 0 Å². The standard InChI is InChI=1S/C26H35NO3/c1-18(2)27(19(3)4)15-14-23(21-8-6-5-7-9-21)24-16-20(17-28)10-13-25(24)30-26(29)22-11-12-22/h5-10,13,16,18-19,22-23,28H,11-12,14-15,17H2,1-4H3. The van der Waals surface area contributed by atoms with Crippen molar-refractivity contribution in [2.45, 2.75) is 71.6 Å². The van der Waals surface area contributed by atoms with Crippen LogP contribution in [0.2, 0.25) is 0 Å². The Hall–Kier alpha value is -2.17. The van der Waals surface area contributed by atoms with Gasteiger partial charge in [-0.25, -0.2) is 0 Å². The minimum absolute atomic E-state index is 0.0323. The van der Waals surface area contributed by atoms with Crippen molar-refractivity contribution in [2.24, 2.45) is 5.92 Å². The van der Waals surface area contributed by atoms with Crippen LogP contribution < -0.4 is 4.74 Å². The maximum absolute atomic E-state index is 12.4. The predicted molar refractivity (Wildman–Crippen MR) is 121 cm³/mol. The first kappa shape index (κ1) is 22.5. The van der Waals surface area contributed by atoms with Crippen molar-refractivity contribution in [3.63, 3.8) is 0 Å². The molecule has 2 aromatic carbocycles. The zero-order chi connectivity index (χ0) is 21.7. The van der Waals surface area contributed by atoms with Gasteiger partial charge in [0, 0.05) is 23.6 Å². The van der Waals surface area contributed by atoms with Gasteiger partial charge < -0.3 is 9.84 Å². The molecule has 0 saturated heterocycles. The summed E-state index contributed by atoms with van der Waals surface area (Å²) in [4.78, 5) is 14.9. The van der Waals surface area contributed by atoms with Gasteiger partial charge in [-0.3, -0.25) is 9.69 Å². The number of hydrogen-bond acceptors (Lipinski definition) is 4. The minimum Gasteiger partial charge on any atom is -0.426 e. The highest BCUT2D eigenvalue weighted by Crippen LogP contribution is 2.38. The minimum atomic E-state index is -0.134. The summed E-state index contributed by atoms with van der Waals surface area (Å²) < 4.78 is 5.84. The van der Waals surface area contributed by atoms with Crippen LogP contribution in [0.3, 0.4) is 0 Å². The summed E-state index contributed by atoms with van der Waals surface area (Å²) in [7, 11) is 0. The van der Waals surface area contributed by atoms with Crippen LogP contribution in [0.5, 0.6) is 5.75 Å². The fourth-order valence-electron chi connectivity index (χ4n) is 4.15. The van der Waals surface area contributed by atoms with E-state index < -0.39 is 0 Å². The van der Waals surface area contributed by atoms with E-state index in [2.05, 4.69) is 56.9 Å². The molecule has 1 aliphatic carbocycles. The Morgan fingerprint density at radius 3 is 2.30 bits per heavy atom. The van der Waals surface area contributed by atoms with Crippen LogP contribution in [-0.2, 0) is 11.4 Å². The highest BCUT2D eigenvalue weighted by Gasteiger charge is 2.32. The fourth-order valence-corrected chi connectivity index (χ4v) is 4.15. The van der Waals surface area contributed by atoms with Crippen LogP contribution in [0.1, 0.15) is 69.6 Å². The van der Waals surface area contributed by atoms with Gasteiger partial charge in [0.2, 0.25) is 0 Å². The van der Waals surface area contributed by atoms with Crippen molar-refractivity contribution < 1.29 is 14.6 Å². The number of carbonyl (C=O) groups excluding carboxylic acids is 1. The number of esters is 1. The molecule has 0 heterocycles. The van der Waals surface area contributed by atoms with E-state index in [1.807, 2.05) is 24.3 Å². The maximum Gasteiger partial charge on any atom is 0.314 e. The predicted octanol–water partition coefficient (Wildman–Crippen LogP) is 5.14. The molecule has 4 heteroatoms. The molecule has 1 N–H and O–H groups in total. The van der Waals surface area contributed by atoms with Gasteiger partial charge >= 0.3 is 5.97 Å². The Kier molecular flexibility index (Phi) is 7.68. The first-order valence-electron chi connectivity index (χ1n) is 11.2. The topological polar surface area (TPSA) is 49.8 Å². The molecule has 1 aliphatic rings. The van der Waals surface area contributed by atoms with Crippen LogP contribution in [0.4, 0.5) is 0 Å². The Morgan fingerprint density at radius 2 is 1.73 bits per heavy atom. The average Bonchev–Trinajstić information content (AvgIpc) is 3.57. The summed E-state index contributed by atoms with van der Waals surface area (Å²) in [6.45, 7) is 9.82. The van der Waals surface area contributed by atoms with Crippen LogP contribution in [0, 0.1) is 5.92 Å². The summed E-state index contributed by atoms with van der Waals surface area (Å²) in [6.07, 6.45) is 2.74. The molecule has 0 aromatic heterocycles. The summed E-state index contributed by atoms with van der Waals surface area (Å²) in [5, 5.41) is 9.73. The van der Waals surface area contributed by atoms with Crippen LogP contribution >= 0.6 is 0 Å². The van der Waals surface area contributed by atoms with Gasteiger partial charge in [0.25, 0.3) is 0 Å². The number of carbonyl (C=O) groups is 1. The number of aliphatic hydroxyl groups excluding tert-OH is 1. The van der Waals surface area contributed by atoms with Gasteiger partial charge in [-0.2, -0.15) is 0 Å². The molecule has 1 saturated carbocycles. The van der Waals surface area contributed by atoms with Crippen LogP contribution in [-0.4, -0.2) is 34.6 Å². The molecule has 0 amide bonds. The molecule has 0 radical (unpaired) electrons. The Labute approximate surface area is 180 Å². The van der Waals surface area contributed by atoms with Gasteiger partial charge in [0.15, 0.2) is 0 Å². The van der Waals surface area contributed by atoms with E-state index in [1.54, 1.807) is 0 Å². The van der Waals surface area contributed by atoms with Crippen molar-refractivity contribution in [3.05, 3.63) is 65.2 Å². The molecule has 0 aliphatic heterocycles. The van der Waals surface area contributed by atoms with Crippen molar-refractivity contribution in [3.8, 4) is 5.75 Å². The molecular weight excluding hydrogens is 374 g/mol. The molecule has 0 bridgehead atoms. The summed E-state index contributed by atoms with van der Waals surface area (Å²) in [6, 6.07) is 17.0. The lowest BCUT2D eigenvalue weighted by Crippen LogP contribution is -2.38. The molecule has 1 atom stereocenters. The molecule has 30 heavy (non-hydrogen) atoms. The molecule has 162 valence electrons. The fraction of sp³-hybridized carbons (Fsp3) is 0.500. The van der Waals surface area contributed by atoms with E-state index in [4.69, 9.17) is 4.74 Å². The Bertz CT molecular complexity index is 819. The summed E-state index contributed by atoms with van der Waals surface area (Å²) in [5.74, 6) is 0.618. The zero-order valence-electron chi connectivity index (χ0n) is 18.7. The highest BCUT2D eigenvalue weighted by atomic mass is 16.5. The molecule has 1 unspecified atom stereocenters. The lowest BCUT2D eigenvalue weighted by Gasteiger charge is -2.32. The Balaban J connectivity index is 1.96. The van der Waals surface area contributed by atoms with Crippen LogP contribution in [0.25, 0.3) is 0 Å². The van der Waals surface area contributed by atoms with Crippen molar-refractivity contribution in [2.75, 3.05) is 6.54 Å². The van der Waals surface area contributed by atoms with E-state index in [0.717, 1.165) is 36.9 Å². The van der Waals surface area contributed by atoms with Crippen molar-refractivity contribution in [1.29, 1.82) is 0 Å². The Morgan fingerprint density at radius 1 is 1.07 bits per heavy atom. The summed E-state index contributed by atoms with van der Waals surface area (Å²) in [5.41, 5.74) is 3.01. The highest BCUT2D eigenvalue weighted by molar-refractivity contribution is 5.77. The second-order valence-electron chi connectivity index (χ2n) is 8.90. The second kappa shape index (κ2) is 10.2. The number of hydrogen-bond donors (Lipinski definition) is 1. The molecular formula is C26H35NO3. The number of ether oxygens (including phenoxy) is 1. The second-order valence-corrected chi connectivity index (χ2v) is 8.90.